The summed E-state index contributed by atoms with van der Waals surface area (Å²) in [5.74, 6) is 1.02. The van der Waals surface area contributed by atoms with Crippen molar-refractivity contribution in [1.82, 2.24) is 14.9 Å². The number of amides is 1. The van der Waals surface area contributed by atoms with Crippen LogP contribution in [0.2, 0.25) is 0 Å². The van der Waals surface area contributed by atoms with Crippen molar-refractivity contribution < 1.29 is 4.79 Å². The van der Waals surface area contributed by atoms with E-state index in [0.717, 1.165) is 42.9 Å². The second-order valence-electron chi connectivity index (χ2n) is 6.56. The molecule has 1 aromatic heterocycles. The van der Waals surface area contributed by atoms with Crippen LogP contribution in [-0.2, 0) is 11.2 Å². The summed E-state index contributed by atoms with van der Waals surface area (Å²) in [7, 11) is 0. The number of H-pyrrole nitrogens is 1. The monoisotopic (exact) mass is 334 g/mol. The molecule has 0 saturated carbocycles. The third-order valence-electron chi connectivity index (χ3n) is 4.74. The van der Waals surface area contributed by atoms with E-state index >= 15 is 0 Å². The van der Waals surface area contributed by atoms with Gasteiger partial charge >= 0.3 is 0 Å². The normalized spacial score (nSPS) is 17.1. The summed E-state index contributed by atoms with van der Waals surface area (Å²) < 4.78 is 0. The summed E-state index contributed by atoms with van der Waals surface area (Å²) in [4.78, 5) is 22.2. The number of fused-ring (bicyclic) bond motifs is 1. The van der Waals surface area contributed by atoms with Crippen molar-refractivity contribution in [2.75, 3.05) is 18.4 Å². The maximum Gasteiger partial charge on any atom is 0.222 e. The molecule has 1 fully saturated rings. The Morgan fingerprint density at radius 2 is 1.96 bits per heavy atom. The number of nitrogens with one attached hydrogen (secondary N) is 2. The zero-order valence-corrected chi connectivity index (χ0v) is 14.1. The fraction of sp³-hybridized carbons (Fsp3) is 0.300. The van der Waals surface area contributed by atoms with Crippen LogP contribution in [0.4, 0.5) is 5.95 Å². The second-order valence-corrected chi connectivity index (χ2v) is 6.56. The first-order chi connectivity index (χ1) is 12.3. The molecule has 5 heteroatoms. The Morgan fingerprint density at radius 1 is 1.16 bits per heavy atom. The second kappa shape index (κ2) is 6.97. The Kier molecular flexibility index (Phi) is 4.37. The molecule has 2 heterocycles. The van der Waals surface area contributed by atoms with Gasteiger partial charge in [0.15, 0.2) is 0 Å². The van der Waals surface area contributed by atoms with Gasteiger partial charge in [0.25, 0.3) is 0 Å². The number of likely N-dealkylation sites (tertiary alicyclic amines) is 1. The largest absolute Gasteiger partial charge is 0.351 e. The minimum atomic E-state index is 0.234. The third kappa shape index (κ3) is 3.65. The van der Waals surface area contributed by atoms with Gasteiger partial charge in [0, 0.05) is 25.6 Å². The molecule has 5 nitrogen and oxygen atoms in total. The summed E-state index contributed by atoms with van der Waals surface area (Å²) in [6.07, 6.45) is 2.33. The van der Waals surface area contributed by atoms with Crippen LogP contribution in [0.3, 0.4) is 0 Å². The van der Waals surface area contributed by atoms with E-state index in [2.05, 4.69) is 27.4 Å². The molecule has 2 aromatic carbocycles. The molecule has 1 amide bonds. The van der Waals surface area contributed by atoms with Crippen LogP contribution < -0.4 is 5.32 Å². The minimum Gasteiger partial charge on any atom is -0.351 e. The lowest BCUT2D eigenvalue weighted by atomic mass is 10.1. The van der Waals surface area contributed by atoms with Gasteiger partial charge in [-0.2, -0.15) is 0 Å². The van der Waals surface area contributed by atoms with Crippen LogP contribution >= 0.6 is 0 Å². The van der Waals surface area contributed by atoms with Crippen LogP contribution in [0, 0.1) is 0 Å². The van der Waals surface area contributed by atoms with Gasteiger partial charge in [0.1, 0.15) is 0 Å². The average molecular weight is 334 g/mol. The highest BCUT2D eigenvalue weighted by molar-refractivity contribution is 5.78. The number of imidazole rings is 1. The number of benzene rings is 2. The van der Waals surface area contributed by atoms with Crippen molar-refractivity contribution in [2.24, 2.45) is 0 Å². The van der Waals surface area contributed by atoms with E-state index in [-0.39, 0.29) is 11.9 Å². The Bertz CT molecular complexity index is 825. The highest BCUT2D eigenvalue weighted by atomic mass is 16.2. The minimum absolute atomic E-state index is 0.234. The van der Waals surface area contributed by atoms with Gasteiger partial charge in [0.2, 0.25) is 11.9 Å². The molecule has 2 N–H and O–H groups in total. The Labute approximate surface area is 147 Å². The first-order valence-corrected chi connectivity index (χ1v) is 8.81. The molecule has 1 aliphatic heterocycles. The molecular weight excluding hydrogens is 312 g/mol. The molecule has 0 radical (unpaired) electrons. The highest BCUT2D eigenvalue weighted by Crippen LogP contribution is 2.18. The van der Waals surface area contributed by atoms with Crippen molar-refractivity contribution in [3.63, 3.8) is 0 Å². The van der Waals surface area contributed by atoms with Crippen LogP contribution in [-0.4, -0.2) is 39.9 Å². The van der Waals surface area contributed by atoms with E-state index in [4.69, 9.17) is 0 Å². The van der Waals surface area contributed by atoms with E-state index in [1.54, 1.807) is 0 Å². The molecule has 128 valence electrons. The summed E-state index contributed by atoms with van der Waals surface area (Å²) in [6, 6.07) is 18.4. The number of aromatic nitrogens is 2. The van der Waals surface area contributed by atoms with Crippen LogP contribution in [0.5, 0.6) is 0 Å². The van der Waals surface area contributed by atoms with Crippen LogP contribution in [0.1, 0.15) is 18.4 Å². The van der Waals surface area contributed by atoms with Gasteiger partial charge in [-0.15, -0.1) is 0 Å². The van der Waals surface area contributed by atoms with Gasteiger partial charge in [-0.25, -0.2) is 4.98 Å². The van der Waals surface area contributed by atoms with Gasteiger partial charge < -0.3 is 15.2 Å². The molecule has 1 unspecified atom stereocenters. The van der Waals surface area contributed by atoms with Gasteiger partial charge in [-0.1, -0.05) is 42.5 Å². The summed E-state index contributed by atoms with van der Waals surface area (Å²) in [5.41, 5.74) is 3.20. The smallest absolute Gasteiger partial charge is 0.222 e. The molecule has 0 spiro atoms. The number of anilines is 1. The SMILES string of the molecule is O=C(CCc1ccccc1)N1CCC(Nc2nc3ccccc3[nH]2)C1. The fourth-order valence-electron chi connectivity index (χ4n) is 3.37. The molecular formula is C20H22N4O. The zero-order chi connectivity index (χ0) is 17.1. The first kappa shape index (κ1) is 15.7. The van der Waals surface area contributed by atoms with Crippen LogP contribution in [0.15, 0.2) is 54.6 Å². The number of carbonyl (C=O) groups is 1. The lowest BCUT2D eigenvalue weighted by Crippen LogP contribution is -2.31. The zero-order valence-electron chi connectivity index (χ0n) is 14.1. The maximum atomic E-state index is 12.4. The standard InChI is InChI=1S/C20H22N4O/c25-19(11-10-15-6-2-1-3-7-15)24-13-12-16(14-24)21-20-22-17-8-4-5-9-18(17)23-20/h1-9,16H,10-14H2,(H2,21,22,23). The number of para-hydroxylation sites is 2. The third-order valence-corrected chi connectivity index (χ3v) is 4.74. The van der Waals surface area contributed by atoms with Crippen molar-refractivity contribution in [3.8, 4) is 0 Å². The van der Waals surface area contributed by atoms with Gasteiger partial charge in [-0.05, 0) is 30.5 Å². The highest BCUT2D eigenvalue weighted by Gasteiger charge is 2.26. The number of carbonyl (C=O) groups excluding carboxylic acids is 1. The fourth-order valence-corrected chi connectivity index (χ4v) is 3.37. The van der Waals surface area contributed by atoms with Crippen LogP contribution in [0.25, 0.3) is 11.0 Å². The Morgan fingerprint density at radius 3 is 2.80 bits per heavy atom. The molecule has 4 rings (SSSR count). The van der Waals surface area contributed by atoms with Gasteiger partial charge in [0.05, 0.1) is 11.0 Å². The Hall–Kier alpha value is -2.82. The molecule has 1 saturated heterocycles. The predicted octanol–water partition coefficient (Wildman–Crippen LogP) is 3.21. The number of rotatable bonds is 5. The van der Waals surface area contributed by atoms with E-state index in [9.17, 15) is 4.79 Å². The molecule has 1 atom stereocenters. The van der Waals surface area contributed by atoms with E-state index in [0.29, 0.717) is 6.42 Å². The lowest BCUT2D eigenvalue weighted by Gasteiger charge is -2.17. The number of aromatic amines is 1. The van der Waals surface area contributed by atoms with Crippen molar-refractivity contribution in [1.29, 1.82) is 0 Å². The number of aryl methyl sites for hydroxylation is 1. The maximum absolute atomic E-state index is 12.4. The predicted molar refractivity (Wildman–Crippen MR) is 99.5 cm³/mol. The molecule has 0 aliphatic carbocycles. The molecule has 25 heavy (non-hydrogen) atoms. The summed E-state index contributed by atoms with van der Waals surface area (Å²) in [6.45, 7) is 1.55. The van der Waals surface area contributed by atoms with E-state index in [1.807, 2.05) is 47.4 Å². The number of hydrogen-bond acceptors (Lipinski definition) is 3. The number of nitrogens with zero attached hydrogens (tertiary/aromatic N) is 2. The first-order valence-electron chi connectivity index (χ1n) is 8.81. The van der Waals surface area contributed by atoms with Crippen molar-refractivity contribution in [2.45, 2.75) is 25.3 Å². The summed E-state index contributed by atoms with van der Waals surface area (Å²) >= 11 is 0. The molecule has 3 aromatic rings. The lowest BCUT2D eigenvalue weighted by molar-refractivity contribution is -0.130. The van der Waals surface area contributed by atoms with Crippen molar-refractivity contribution >= 4 is 22.9 Å². The van der Waals surface area contributed by atoms with E-state index in [1.165, 1.54) is 5.56 Å². The average Bonchev–Trinajstić information content (AvgIpc) is 3.27. The topological polar surface area (TPSA) is 61.0 Å². The van der Waals surface area contributed by atoms with E-state index < -0.39 is 0 Å². The number of hydrogen-bond donors (Lipinski definition) is 2. The Balaban J connectivity index is 1.31. The summed E-state index contributed by atoms with van der Waals surface area (Å²) in [5, 5.41) is 3.43. The quantitative estimate of drug-likeness (QED) is 0.753. The van der Waals surface area contributed by atoms with Gasteiger partial charge in [-0.3, -0.25) is 4.79 Å². The molecule has 1 aliphatic rings. The molecule has 0 bridgehead atoms. The van der Waals surface area contributed by atoms with Crippen molar-refractivity contribution in [3.05, 3.63) is 60.2 Å².